The Labute approximate surface area is 115 Å². The zero-order chi connectivity index (χ0) is 13.2. The highest BCUT2D eigenvalue weighted by molar-refractivity contribution is 5.94. The molecule has 0 radical (unpaired) electrons. The summed E-state index contributed by atoms with van der Waals surface area (Å²) in [5.74, 6) is 0.210. The first-order valence-corrected chi connectivity index (χ1v) is 7.64. The molecule has 1 saturated carbocycles. The summed E-state index contributed by atoms with van der Waals surface area (Å²) in [4.78, 5) is 14.6. The van der Waals surface area contributed by atoms with Crippen LogP contribution in [-0.4, -0.2) is 23.9 Å². The Morgan fingerprint density at radius 3 is 2.58 bits per heavy atom. The predicted octanol–water partition coefficient (Wildman–Crippen LogP) is 3.58. The van der Waals surface area contributed by atoms with E-state index >= 15 is 0 Å². The van der Waals surface area contributed by atoms with Gasteiger partial charge in [-0.3, -0.25) is 4.79 Å². The molecule has 1 aromatic carbocycles. The number of aryl methyl sites for hydroxylation is 2. The lowest BCUT2D eigenvalue weighted by molar-refractivity contribution is 0.0696. The zero-order valence-corrected chi connectivity index (χ0v) is 11.8. The first-order valence-electron chi connectivity index (χ1n) is 7.64. The minimum atomic E-state index is 0.210. The van der Waals surface area contributed by atoms with Crippen molar-refractivity contribution in [3.63, 3.8) is 0 Å². The average Bonchev–Trinajstić information content (AvgIpc) is 2.94. The summed E-state index contributed by atoms with van der Waals surface area (Å²) in [5, 5.41) is 0. The lowest BCUT2D eigenvalue weighted by Crippen LogP contribution is -2.38. The highest BCUT2D eigenvalue weighted by Crippen LogP contribution is 2.26. The first-order chi connectivity index (χ1) is 9.25. The quantitative estimate of drug-likeness (QED) is 0.793. The second-order valence-electron chi connectivity index (χ2n) is 6.04. The Morgan fingerprint density at radius 2 is 1.79 bits per heavy atom. The van der Waals surface area contributed by atoms with E-state index in [1.54, 1.807) is 0 Å². The van der Waals surface area contributed by atoms with Crippen molar-refractivity contribution >= 4 is 5.91 Å². The summed E-state index contributed by atoms with van der Waals surface area (Å²) in [6.45, 7) is 0. The van der Waals surface area contributed by atoms with Crippen LogP contribution < -0.4 is 0 Å². The van der Waals surface area contributed by atoms with Gasteiger partial charge in [-0.1, -0.05) is 25.3 Å². The topological polar surface area (TPSA) is 20.3 Å². The SMILES string of the molecule is CN(C(=O)c1ccc2c(c1)CCC2)C1CCCCC1. The molecule has 0 unspecified atom stereocenters. The summed E-state index contributed by atoms with van der Waals surface area (Å²) in [5.41, 5.74) is 3.72. The van der Waals surface area contributed by atoms with E-state index in [9.17, 15) is 4.79 Å². The molecule has 2 aliphatic rings. The molecule has 2 aliphatic carbocycles. The van der Waals surface area contributed by atoms with Crippen LogP contribution in [0, 0.1) is 0 Å². The molecule has 2 heteroatoms. The first kappa shape index (κ1) is 12.7. The Balaban J connectivity index is 1.75. The molecule has 0 spiro atoms. The van der Waals surface area contributed by atoms with Gasteiger partial charge >= 0.3 is 0 Å². The van der Waals surface area contributed by atoms with Crippen LogP contribution in [0.5, 0.6) is 0 Å². The number of nitrogens with zero attached hydrogens (tertiary/aromatic N) is 1. The summed E-state index contributed by atoms with van der Waals surface area (Å²) < 4.78 is 0. The molecule has 102 valence electrons. The van der Waals surface area contributed by atoms with E-state index < -0.39 is 0 Å². The van der Waals surface area contributed by atoms with Gasteiger partial charge in [0.1, 0.15) is 0 Å². The average molecular weight is 257 g/mol. The highest BCUT2D eigenvalue weighted by atomic mass is 16.2. The minimum Gasteiger partial charge on any atom is -0.339 e. The van der Waals surface area contributed by atoms with E-state index in [0.29, 0.717) is 6.04 Å². The van der Waals surface area contributed by atoms with Crippen LogP contribution in [-0.2, 0) is 12.8 Å². The van der Waals surface area contributed by atoms with E-state index in [1.807, 2.05) is 18.0 Å². The summed E-state index contributed by atoms with van der Waals surface area (Å²) in [6.07, 6.45) is 9.79. The van der Waals surface area contributed by atoms with E-state index in [-0.39, 0.29) is 5.91 Å². The third-order valence-electron chi connectivity index (χ3n) is 4.79. The Hall–Kier alpha value is -1.31. The molecule has 0 bridgehead atoms. The van der Waals surface area contributed by atoms with Crippen LogP contribution in [0.25, 0.3) is 0 Å². The standard InChI is InChI=1S/C17H23NO/c1-18(16-8-3-2-4-9-16)17(19)15-11-10-13-6-5-7-14(13)12-15/h10-12,16H,2-9H2,1H3. The van der Waals surface area contributed by atoms with Crippen molar-refractivity contribution in [3.05, 3.63) is 34.9 Å². The molecule has 0 aromatic heterocycles. The molecule has 19 heavy (non-hydrogen) atoms. The van der Waals surface area contributed by atoms with Crippen molar-refractivity contribution in [2.24, 2.45) is 0 Å². The fourth-order valence-corrected chi connectivity index (χ4v) is 3.54. The number of carbonyl (C=O) groups excluding carboxylic acids is 1. The molecule has 0 saturated heterocycles. The molecule has 1 aromatic rings. The number of benzene rings is 1. The maximum atomic E-state index is 12.6. The number of amides is 1. The van der Waals surface area contributed by atoms with Crippen molar-refractivity contribution in [1.29, 1.82) is 0 Å². The lowest BCUT2D eigenvalue weighted by Gasteiger charge is -2.31. The fourth-order valence-electron chi connectivity index (χ4n) is 3.54. The van der Waals surface area contributed by atoms with Gasteiger partial charge in [-0.25, -0.2) is 0 Å². The minimum absolute atomic E-state index is 0.210. The third-order valence-corrected chi connectivity index (χ3v) is 4.79. The normalized spacial score (nSPS) is 19.2. The van der Waals surface area contributed by atoms with E-state index in [4.69, 9.17) is 0 Å². The fraction of sp³-hybridized carbons (Fsp3) is 0.588. The van der Waals surface area contributed by atoms with Crippen molar-refractivity contribution in [2.45, 2.75) is 57.4 Å². The second-order valence-corrected chi connectivity index (χ2v) is 6.04. The number of rotatable bonds is 2. The van der Waals surface area contributed by atoms with Gasteiger partial charge in [-0.05, 0) is 55.4 Å². The summed E-state index contributed by atoms with van der Waals surface area (Å²) >= 11 is 0. The van der Waals surface area contributed by atoms with Gasteiger partial charge in [0.25, 0.3) is 5.91 Å². The molecule has 1 amide bonds. The monoisotopic (exact) mass is 257 g/mol. The molecular formula is C17H23NO. The van der Waals surface area contributed by atoms with Crippen LogP contribution in [0.4, 0.5) is 0 Å². The Morgan fingerprint density at radius 1 is 1.05 bits per heavy atom. The molecule has 2 nitrogen and oxygen atoms in total. The number of hydrogen-bond donors (Lipinski definition) is 0. The van der Waals surface area contributed by atoms with Crippen molar-refractivity contribution in [2.75, 3.05) is 7.05 Å². The number of carbonyl (C=O) groups is 1. The van der Waals surface area contributed by atoms with Gasteiger partial charge in [0, 0.05) is 18.7 Å². The van der Waals surface area contributed by atoms with Gasteiger partial charge < -0.3 is 4.90 Å². The van der Waals surface area contributed by atoms with Crippen LogP contribution in [0.15, 0.2) is 18.2 Å². The predicted molar refractivity (Wildman–Crippen MR) is 77.4 cm³/mol. The molecule has 0 aliphatic heterocycles. The van der Waals surface area contributed by atoms with Crippen molar-refractivity contribution in [1.82, 2.24) is 4.90 Å². The van der Waals surface area contributed by atoms with Gasteiger partial charge in [0.05, 0.1) is 0 Å². The van der Waals surface area contributed by atoms with E-state index in [2.05, 4.69) is 12.1 Å². The Bertz CT molecular complexity index is 474. The van der Waals surface area contributed by atoms with Gasteiger partial charge in [-0.2, -0.15) is 0 Å². The summed E-state index contributed by atoms with van der Waals surface area (Å²) in [7, 11) is 1.98. The maximum absolute atomic E-state index is 12.6. The van der Waals surface area contributed by atoms with Gasteiger partial charge in [-0.15, -0.1) is 0 Å². The van der Waals surface area contributed by atoms with Crippen molar-refractivity contribution in [3.8, 4) is 0 Å². The highest BCUT2D eigenvalue weighted by Gasteiger charge is 2.23. The van der Waals surface area contributed by atoms with Crippen LogP contribution in [0.2, 0.25) is 0 Å². The lowest BCUT2D eigenvalue weighted by atomic mass is 9.94. The molecule has 3 rings (SSSR count). The number of fused-ring (bicyclic) bond motifs is 1. The second kappa shape index (κ2) is 5.36. The van der Waals surface area contributed by atoms with E-state index in [1.165, 1.54) is 56.1 Å². The van der Waals surface area contributed by atoms with Gasteiger partial charge in [0.15, 0.2) is 0 Å². The maximum Gasteiger partial charge on any atom is 0.253 e. The Kier molecular flexibility index (Phi) is 3.58. The van der Waals surface area contributed by atoms with E-state index in [0.717, 1.165) is 12.0 Å². The molecule has 0 N–H and O–H groups in total. The van der Waals surface area contributed by atoms with Crippen LogP contribution in [0.1, 0.15) is 60.0 Å². The van der Waals surface area contributed by atoms with Gasteiger partial charge in [0.2, 0.25) is 0 Å². The van der Waals surface area contributed by atoms with Crippen LogP contribution >= 0.6 is 0 Å². The number of hydrogen-bond acceptors (Lipinski definition) is 1. The molecule has 1 fully saturated rings. The van der Waals surface area contributed by atoms with Crippen molar-refractivity contribution < 1.29 is 4.79 Å². The molecular weight excluding hydrogens is 234 g/mol. The smallest absolute Gasteiger partial charge is 0.253 e. The molecule has 0 atom stereocenters. The third kappa shape index (κ3) is 2.54. The zero-order valence-electron chi connectivity index (χ0n) is 11.8. The van der Waals surface area contributed by atoms with Crippen LogP contribution in [0.3, 0.4) is 0 Å². The largest absolute Gasteiger partial charge is 0.339 e. The summed E-state index contributed by atoms with van der Waals surface area (Å²) in [6, 6.07) is 6.76. The molecule has 0 heterocycles.